The summed E-state index contributed by atoms with van der Waals surface area (Å²) in [7, 11) is 0. The molecule has 2 aromatic heterocycles. The second-order valence-electron chi connectivity index (χ2n) is 4.58. The lowest BCUT2D eigenvalue weighted by Gasteiger charge is -2.24. The van der Waals surface area contributed by atoms with Crippen molar-refractivity contribution in [2.75, 3.05) is 18.4 Å². The van der Waals surface area contributed by atoms with Gasteiger partial charge in [0, 0.05) is 37.5 Å². The summed E-state index contributed by atoms with van der Waals surface area (Å²) in [4.78, 5) is 10.7. The number of likely N-dealkylation sites (N-methyl/N-ethyl adjacent to an activating group) is 1. The summed E-state index contributed by atoms with van der Waals surface area (Å²) in [6.45, 7) is 5.79. The highest BCUT2D eigenvalue weighted by atomic mass is 16.5. The van der Waals surface area contributed by atoms with Crippen LogP contribution >= 0.6 is 0 Å². The molecule has 0 radical (unpaired) electrons. The van der Waals surface area contributed by atoms with Crippen molar-refractivity contribution in [3.8, 4) is 0 Å². The molecule has 0 amide bonds. The third-order valence-electron chi connectivity index (χ3n) is 3.41. The van der Waals surface area contributed by atoms with Crippen molar-refractivity contribution in [1.82, 2.24) is 20.0 Å². The van der Waals surface area contributed by atoms with E-state index in [4.69, 9.17) is 4.52 Å². The first-order valence-corrected chi connectivity index (χ1v) is 6.56. The molecule has 0 fully saturated rings. The Kier molecular flexibility index (Phi) is 3.41. The minimum absolute atomic E-state index is 0.598. The maximum atomic E-state index is 5.41. The lowest BCUT2D eigenvalue weighted by Crippen LogP contribution is -2.30. The summed E-state index contributed by atoms with van der Waals surface area (Å²) >= 11 is 0. The monoisotopic (exact) mass is 259 g/mol. The van der Waals surface area contributed by atoms with E-state index in [1.807, 2.05) is 0 Å². The molecular formula is C13H17N5O. The summed E-state index contributed by atoms with van der Waals surface area (Å²) in [5.41, 5.74) is 2.18. The van der Waals surface area contributed by atoms with Crippen LogP contribution in [0.2, 0.25) is 0 Å². The Morgan fingerprint density at radius 2 is 2.21 bits per heavy atom. The van der Waals surface area contributed by atoms with E-state index in [9.17, 15) is 0 Å². The first-order chi connectivity index (χ1) is 9.36. The molecule has 0 aromatic carbocycles. The van der Waals surface area contributed by atoms with Crippen molar-refractivity contribution in [3.63, 3.8) is 0 Å². The van der Waals surface area contributed by atoms with Crippen LogP contribution in [0.1, 0.15) is 23.9 Å². The molecule has 0 unspecified atom stereocenters. The molecule has 0 saturated carbocycles. The van der Waals surface area contributed by atoms with Crippen LogP contribution in [0.4, 0.5) is 5.95 Å². The maximum Gasteiger partial charge on any atom is 0.222 e. The molecule has 0 bridgehead atoms. The summed E-state index contributed by atoms with van der Waals surface area (Å²) in [6.07, 6.45) is 4.37. The highest BCUT2D eigenvalue weighted by molar-refractivity contribution is 5.30. The van der Waals surface area contributed by atoms with Gasteiger partial charge in [-0.2, -0.15) is 0 Å². The van der Waals surface area contributed by atoms with Gasteiger partial charge in [-0.05, 0) is 12.6 Å². The van der Waals surface area contributed by atoms with Crippen LogP contribution in [0.15, 0.2) is 23.0 Å². The number of hydrogen-bond donors (Lipinski definition) is 1. The zero-order valence-electron chi connectivity index (χ0n) is 11.0. The van der Waals surface area contributed by atoms with Gasteiger partial charge in [0.2, 0.25) is 5.95 Å². The molecule has 0 spiro atoms. The van der Waals surface area contributed by atoms with Crippen LogP contribution in [0.3, 0.4) is 0 Å². The van der Waals surface area contributed by atoms with Crippen molar-refractivity contribution < 1.29 is 4.52 Å². The first kappa shape index (κ1) is 12.1. The van der Waals surface area contributed by atoms with Gasteiger partial charge >= 0.3 is 0 Å². The van der Waals surface area contributed by atoms with E-state index in [2.05, 4.69) is 32.3 Å². The van der Waals surface area contributed by atoms with Gasteiger partial charge in [0.05, 0.1) is 6.54 Å². The van der Waals surface area contributed by atoms with E-state index in [0.29, 0.717) is 12.5 Å². The quantitative estimate of drug-likeness (QED) is 0.896. The fourth-order valence-corrected chi connectivity index (χ4v) is 2.28. The molecule has 19 heavy (non-hydrogen) atoms. The summed E-state index contributed by atoms with van der Waals surface area (Å²) in [6, 6.07) is 1.79. The smallest absolute Gasteiger partial charge is 0.222 e. The minimum Gasteiger partial charge on any atom is -0.361 e. The highest BCUT2D eigenvalue weighted by Gasteiger charge is 2.22. The Hall–Kier alpha value is -1.95. The Morgan fingerprint density at radius 3 is 3.00 bits per heavy atom. The zero-order valence-corrected chi connectivity index (χ0v) is 11.0. The molecule has 100 valence electrons. The van der Waals surface area contributed by atoms with Gasteiger partial charge in [-0.25, -0.2) is 9.97 Å². The Bertz CT molecular complexity index is 539. The number of nitrogens with one attached hydrogen (secondary N) is 1. The number of aromatic nitrogens is 3. The molecule has 1 N–H and O–H groups in total. The molecule has 0 atom stereocenters. The van der Waals surface area contributed by atoms with Gasteiger partial charge in [-0.1, -0.05) is 12.1 Å². The number of fused-ring (bicyclic) bond motifs is 1. The van der Waals surface area contributed by atoms with E-state index in [-0.39, 0.29) is 0 Å². The number of rotatable bonds is 4. The lowest BCUT2D eigenvalue weighted by atomic mass is 10.1. The first-order valence-electron chi connectivity index (χ1n) is 6.56. The van der Waals surface area contributed by atoms with Crippen molar-refractivity contribution in [1.29, 1.82) is 0 Å². The average molecular weight is 259 g/mol. The fourth-order valence-electron chi connectivity index (χ4n) is 2.28. The number of nitrogens with zero attached hydrogens (tertiary/aromatic N) is 4. The molecular weight excluding hydrogens is 242 g/mol. The van der Waals surface area contributed by atoms with Crippen LogP contribution in [-0.2, 0) is 19.5 Å². The SMILES string of the molecule is CCN1CCc2onc(CNc3ncccn3)c2C1. The van der Waals surface area contributed by atoms with Crippen molar-refractivity contribution in [2.45, 2.75) is 26.4 Å². The van der Waals surface area contributed by atoms with Gasteiger partial charge in [0.25, 0.3) is 0 Å². The summed E-state index contributed by atoms with van der Waals surface area (Å²) < 4.78 is 5.41. The second-order valence-corrected chi connectivity index (χ2v) is 4.58. The van der Waals surface area contributed by atoms with Crippen molar-refractivity contribution >= 4 is 5.95 Å². The third kappa shape index (κ3) is 2.58. The predicted octanol–water partition coefficient (Wildman–Crippen LogP) is 1.45. The normalized spacial score (nSPS) is 15.2. The van der Waals surface area contributed by atoms with Crippen LogP contribution < -0.4 is 5.32 Å². The fraction of sp³-hybridized carbons (Fsp3) is 0.462. The van der Waals surface area contributed by atoms with E-state index >= 15 is 0 Å². The summed E-state index contributed by atoms with van der Waals surface area (Å²) in [5.74, 6) is 1.64. The van der Waals surface area contributed by atoms with Crippen molar-refractivity contribution in [2.24, 2.45) is 0 Å². The molecule has 6 nitrogen and oxygen atoms in total. The van der Waals surface area contributed by atoms with E-state index in [1.54, 1.807) is 18.5 Å². The van der Waals surface area contributed by atoms with Crippen LogP contribution in [0.25, 0.3) is 0 Å². The summed E-state index contributed by atoms with van der Waals surface area (Å²) in [5, 5.41) is 7.33. The number of hydrogen-bond acceptors (Lipinski definition) is 6. The molecule has 0 saturated heterocycles. The number of anilines is 1. The highest BCUT2D eigenvalue weighted by Crippen LogP contribution is 2.22. The van der Waals surface area contributed by atoms with Crippen LogP contribution in [-0.4, -0.2) is 33.1 Å². The minimum atomic E-state index is 0.598. The molecule has 1 aliphatic rings. The second kappa shape index (κ2) is 5.36. The van der Waals surface area contributed by atoms with Crippen LogP contribution in [0, 0.1) is 0 Å². The largest absolute Gasteiger partial charge is 0.361 e. The lowest BCUT2D eigenvalue weighted by molar-refractivity contribution is 0.247. The Morgan fingerprint density at radius 1 is 1.37 bits per heavy atom. The zero-order chi connectivity index (χ0) is 13.1. The van der Waals surface area contributed by atoms with Gasteiger partial charge < -0.3 is 9.84 Å². The van der Waals surface area contributed by atoms with E-state index in [0.717, 1.165) is 37.5 Å². The third-order valence-corrected chi connectivity index (χ3v) is 3.41. The van der Waals surface area contributed by atoms with Gasteiger partial charge in [0.1, 0.15) is 11.5 Å². The van der Waals surface area contributed by atoms with Gasteiger partial charge in [-0.15, -0.1) is 0 Å². The molecule has 6 heteroatoms. The van der Waals surface area contributed by atoms with Crippen molar-refractivity contribution in [3.05, 3.63) is 35.5 Å². The standard InChI is InChI=1S/C13H17N5O/c1-2-18-7-4-12-10(9-18)11(17-19-12)8-16-13-14-5-3-6-15-13/h3,5-6H,2,4,7-9H2,1H3,(H,14,15,16). The molecule has 0 aliphatic carbocycles. The Labute approximate surface area is 111 Å². The van der Waals surface area contributed by atoms with E-state index < -0.39 is 0 Å². The topological polar surface area (TPSA) is 67.1 Å². The Balaban J connectivity index is 1.71. The predicted molar refractivity (Wildman–Crippen MR) is 70.5 cm³/mol. The molecule has 1 aliphatic heterocycles. The van der Waals surface area contributed by atoms with E-state index in [1.165, 1.54) is 5.56 Å². The molecule has 3 rings (SSSR count). The van der Waals surface area contributed by atoms with Gasteiger partial charge in [0.15, 0.2) is 0 Å². The molecule has 2 aromatic rings. The molecule has 3 heterocycles. The average Bonchev–Trinajstić information content (AvgIpc) is 2.88. The maximum absolute atomic E-state index is 5.41. The van der Waals surface area contributed by atoms with Gasteiger partial charge in [-0.3, -0.25) is 4.90 Å². The van der Waals surface area contributed by atoms with Crippen LogP contribution in [0.5, 0.6) is 0 Å².